The highest BCUT2D eigenvalue weighted by atomic mass is 16.5. The highest BCUT2D eigenvalue weighted by Gasteiger charge is 2.09. The molecular weight excluding hydrogens is 238 g/mol. The quantitative estimate of drug-likeness (QED) is 0.559. The number of ether oxygens (including phenoxy) is 1. The van der Waals surface area contributed by atoms with Gasteiger partial charge in [-0.2, -0.15) is 0 Å². The van der Waals surface area contributed by atoms with E-state index in [0.29, 0.717) is 13.2 Å². The SMILES string of the molecule is CC(C)=CCNCC(O)COC(C)c1ccccc1. The lowest BCUT2D eigenvalue weighted by atomic mass is 10.1. The molecule has 0 heterocycles. The van der Waals surface area contributed by atoms with Gasteiger partial charge in [-0.25, -0.2) is 0 Å². The van der Waals surface area contributed by atoms with Crippen LogP contribution in [-0.4, -0.2) is 30.9 Å². The predicted molar refractivity (Wildman–Crippen MR) is 79.1 cm³/mol. The maximum absolute atomic E-state index is 9.80. The molecule has 0 aliphatic carbocycles. The maximum Gasteiger partial charge on any atom is 0.0898 e. The zero-order chi connectivity index (χ0) is 14.1. The number of aliphatic hydroxyl groups excluding tert-OH is 1. The lowest BCUT2D eigenvalue weighted by Crippen LogP contribution is -2.30. The first-order valence-electron chi connectivity index (χ1n) is 6.78. The van der Waals surface area contributed by atoms with E-state index < -0.39 is 6.10 Å². The maximum atomic E-state index is 9.80. The molecule has 3 heteroatoms. The Kier molecular flexibility index (Phi) is 7.41. The molecule has 1 rings (SSSR count). The first kappa shape index (κ1) is 15.9. The van der Waals surface area contributed by atoms with Crippen LogP contribution < -0.4 is 5.32 Å². The minimum absolute atomic E-state index is 0.00799. The second kappa shape index (κ2) is 8.86. The number of hydrogen-bond acceptors (Lipinski definition) is 3. The van der Waals surface area contributed by atoms with Crippen molar-refractivity contribution in [2.24, 2.45) is 0 Å². The highest BCUT2D eigenvalue weighted by Crippen LogP contribution is 2.15. The number of hydrogen-bond donors (Lipinski definition) is 2. The molecule has 1 aromatic rings. The van der Waals surface area contributed by atoms with Crippen LogP contribution >= 0.6 is 0 Å². The number of aliphatic hydroxyl groups is 1. The number of nitrogens with one attached hydrogen (secondary N) is 1. The Morgan fingerprint density at radius 2 is 2.00 bits per heavy atom. The van der Waals surface area contributed by atoms with Crippen LogP contribution in [0.3, 0.4) is 0 Å². The second-order valence-corrected chi connectivity index (χ2v) is 4.98. The second-order valence-electron chi connectivity index (χ2n) is 4.98. The molecule has 0 aliphatic heterocycles. The molecule has 19 heavy (non-hydrogen) atoms. The van der Waals surface area contributed by atoms with Crippen LogP contribution in [0.5, 0.6) is 0 Å². The van der Waals surface area contributed by atoms with Crippen molar-refractivity contribution < 1.29 is 9.84 Å². The van der Waals surface area contributed by atoms with Crippen molar-refractivity contribution in [2.75, 3.05) is 19.7 Å². The van der Waals surface area contributed by atoms with E-state index in [9.17, 15) is 5.11 Å². The van der Waals surface area contributed by atoms with Crippen LogP contribution in [0.1, 0.15) is 32.4 Å². The fraction of sp³-hybridized carbons (Fsp3) is 0.500. The molecule has 1 aromatic carbocycles. The Hall–Kier alpha value is -1.16. The van der Waals surface area contributed by atoms with Gasteiger partial charge >= 0.3 is 0 Å². The molecule has 2 N–H and O–H groups in total. The van der Waals surface area contributed by atoms with Crippen LogP contribution in [0.2, 0.25) is 0 Å². The molecule has 0 spiro atoms. The zero-order valence-corrected chi connectivity index (χ0v) is 12.1. The standard InChI is InChI=1S/C16H25NO2/c1-13(2)9-10-17-11-16(18)12-19-14(3)15-7-5-4-6-8-15/h4-9,14,16-18H,10-12H2,1-3H3. The van der Waals surface area contributed by atoms with E-state index in [-0.39, 0.29) is 6.10 Å². The summed E-state index contributed by atoms with van der Waals surface area (Å²) in [5, 5.41) is 13.0. The largest absolute Gasteiger partial charge is 0.389 e. The Labute approximate surface area is 116 Å². The summed E-state index contributed by atoms with van der Waals surface area (Å²) < 4.78 is 5.66. The average molecular weight is 263 g/mol. The van der Waals surface area contributed by atoms with E-state index >= 15 is 0 Å². The average Bonchev–Trinajstić information content (AvgIpc) is 2.41. The number of benzene rings is 1. The summed E-state index contributed by atoms with van der Waals surface area (Å²) in [6.45, 7) is 7.79. The minimum Gasteiger partial charge on any atom is -0.389 e. The van der Waals surface area contributed by atoms with Gasteiger partial charge in [0.2, 0.25) is 0 Å². The summed E-state index contributed by atoms with van der Waals surface area (Å²) in [5.74, 6) is 0. The van der Waals surface area contributed by atoms with Crippen molar-refractivity contribution in [1.82, 2.24) is 5.32 Å². The lowest BCUT2D eigenvalue weighted by molar-refractivity contribution is -0.00170. The smallest absolute Gasteiger partial charge is 0.0898 e. The minimum atomic E-state index is -0.475. The van der Waals surface area contributed by atoms with Crippen molar-refractivity contribution in [3.8, 4) is 0 Å². The van der Waals surface area contributed by atoms with E-state index in [1.165, 1.54) is 5.57 Å². The monoisotopic (exact) mass is 263 g/mol. The van der Waals surface area contributed by atoms with Gasteiger partial charge < -0.3 is 15.2 Å². The lowest BCUT2D eigenvalue weighted by Gasteiger charge is -2.17. The summed E-state index contributed by atoms with van der Waals surface area (Å²) in [7, 11) is 0. The first-order chi connectivity index (χ1) is 9.09. The van der Waals surface area contributed by atoms with Gasteiger partial charge in [-0.1, -0.05) is 42.0 Å². The third kappa shape index (κ3) is 7.11. The molecule has 0 saturated carbocycles. The molecule has 0 fully saturated rings. The Balaban J connectivity index is 2.19. The Morgan fingerprint density at radius 3 is 2.63 bits per heavy atom. The zero-order valence-electron chi connectivity index (χ0n) is 12.1. The van der Waals surface area contributed by atoms with Crippen LogP contribution in [0.4, 0.5) is 0 Å². The number of rotatable bonds is 8. The van der Waals surface area contributed by atoms with Crippen LogP contribution in [0.15, 0.2) is 42.0 Å². The summed E-state index contributed by atoms with van der Waals surface area (Å²) in [6.07, 6.45) is 1.63. The van der Waals surface area contributed by atoms with Gasteiger partial charge in [0.15, 0.2) is 0 Å². The van der Waals surface area contributed by atoms with E-state index in [1.807, 2.05) is 37.3 Å². The van der Waals surface area contributed by atoms with E-state index in [1.54, 1.807) is 0 Å². The van der Waals surface area contributed by atoms with Gasteiger partial charge in [-0.05, 0) is 26.3 Å². The van der Waals surface area contributed by atoms with Gasteiger partial charge in [0.1, 0.15) is 0 Å². The molecule has 2 atom stereocenters. The highest BCUT2D eigenvalue weighted by molar-refractivity contribution is 5.16. The van der Waals surface area contributed by atoms with Gasteiger partial charge in [0.25, 0.3) is 0 Å². The van der Waals surface area contributed by atoms with Crippen LogP contribution in [-0.2, 0) is 4.74 Å². The topological polar surface area (TPSA) is 41.5 Å². The summed E-state index contributed by atoms with van der Waals surface area (Å²) >= 11 is 0. The van der Waals surface area contributed by atoms with Gasteiger partial charge in [-0.3, -0.25) is 0 Å². The third-order valence-electron chi connectivity index (χ3n) is 2.84. The fourth-order valence-electron chi connectivity index (χ4n) is 1.66. The fourth-order valence-corrected chi connectivity index (χ4v) is 1.66. The van der Waals surface area contributed by atoms with Crippen molar-refractivity contribution >= 4 is 0 Å². The summed E-state index contributed by atoms with van der Waals surface area (Å²) in [6, 6.07) is 10.0. The molecule has 0 saturated heterocycles. The first-order valence-corrected chi connectivity index (χ1v) is 6.78. The molecular formula is C16H25NO2. The summed E-state index contributed by atoms with van der Waals surface area (Å²) in [4.78, 5) is 0. The molecule has 0 aliphatic rings. The van der Waals surface area contributed by atoms with Crippen molar-refractivity contribution in [3.05, 3.63) is 47.5 Å². The molecule has 106 valence electrons. The van der Waals surface area contributed by atoms with Gasteiger partial charge in [0, 0.05) is 13.1 Å². The van der Waals surface area contributed by atoms with Gasteiger partial charge in [0.05, 0.1) is 18.8 Å². The van der Waals surface area contributed by atoms with Crippen molar-refractivity contribution in [2.45, 2.75) is 33.0 Å². The molecule has 2 unspecified atom stereocenters. The Morgan fingerprint density at radius 1 is 1.32 bits per heavy atom. The van der Waals surface area contributed by atoms with Crippen LogP contribution in [0.25, 0.3) is 0 Å². The Bertz CT molecular complexity index is 372. The molecule has 0 amide bonds. The van der Waals surface area contributed by atoms with E-state index in [4.69, 9.17) is 4.74 Å². The van der Waals surface area contributed by atoms with Crippen molar-refractivity contribution in [3.63, 3.8) is 0 Å². The predicted octanol–water partition coefficient (Wildman–Crippen LogP) is 2.68. The molecule has 0 bridgehead atoms. The normalized spacial score (nSPS) is 13.9. The molecule has 0 radical (unpaired) electrons. The summed E-state index contributed by atoms with van der Waals surface area (Å²) in [5.41, 5.74) is 2.41. The van der Waals surface area contributed by atoms with Crippen LogP contribution in [0, 0.1) is 0 Å². The van der Waals surface area contributed by atoms with E-state index in [2.05, 4.69) is 25.2 Å². The van der Waals surface area contributed by atoms with Crippen molar-refractivity contribution in [1.29, 1.82) is 0 Å². The third-order valence-corrected chi connectivity index (χ3v) is 2.84. The number of allylic oxidation sites excluding steroid dienone is 1. The molecule has 3 nitrogen and oxygen atoms in total. The van der Waals surface area contributed by atoms with E-state index in [0.717, 1.165) is 12.1 Å². The molecule has 0 aromatic heterocycles. The van der Waals surface area contributed by atoms with Gasteiger partial charge in [-0.15, -0.1) is 0 Å².